The van der Waals surface area contributed by atoms with Crippen molar-refractivity contribution in [1.29, 1.82) is 0 Å². The molecular formula is C10H12Br2N2OS. The van der Waals surface area contributed by atoms with Crippen LogP contribution in [0, 0.1) is 0 Å². The van der Waals surface area contributed by atoms with Crippen molar-refractivity contribution in [3.8, 4) is 0 Å². The van der Waals surface area contributed by atoms with Gasteiger partial charge in [0.25, 0.3) is 0 Å². The van der Waals surface area contributed by atoms with E-state index in [2.05, 4.69) is 41.2 Å². The Hall–Kier alpha value is -0.0700. The SMILES string of the molecule is CC(C)(C)S(=O)/N=C/c1nc(Br)ccc1Br. The minimum absolute atomic E-state index is 0.352. The first-order valence-electron chi connectivity index (χ1n) is 4.59. The molecule has 1 rings (SSSR count). The van der Waals surface area contributed by atoms with Crippen molar-refractivity contribution >= 4 is 49.1 Å². The van der Waals surface area contributed by atoms with Crippen LogP contribution in [0.4, 0.5) is 0 Å². The predicted molar refractivity (Wildman–Crippen MR) is 75.1 cm³/mol. The summed E-state index contributed by atoms with van der Waals surface area (Å²) in [6.45, 7) is 5.64. The standard InChI is InChI=1S/C10H12Br2N2OS/c1-10(2,3)16(15)13-6-8-7(11)4-5-9(12)14-8/h4-6H,1-3H3/b13-6+. The molecule has 0 N–H and O–H groups in total. The maximum Gasteiger partial charge on any atom is 0.144 e. The first-order valence-corrected chi connectivity index (χ1v) is 7.28. The van der Waals surface area contributed by atoms with Gasteiger partial charge in [-0.2, -0.15) is 4.40 Å². The highest BCUT2D eigenvalue weighted by molar-refractivity contribution is 9.11. The fraction of sp³-hybridized carbons (Fsp3) is 0.400. The van der Waals surface area contributed by atoms with E-state index in [4.69, 9.17) is 0 Å². The zero-order valence-corrected chi connectivity index (χ0v) is 13.2. The van der Waals surface area contributed by atoms with Crippen LogP contribution in [-0.4, -0.2) is 20.2 Å². The van der Waals surface area contributed by atoms with Gasteiger partial charge in [-0.15, -0.1) is 0 Å². The lowest BCUT2D eigenvalue weighted by atomic mass is 10.3. The van der Waals surface area contributed by atoms with E-state index in [9.17, 15) is 4.21 Å². The first-order chi connectivity index (χ1) is 7.30. The molecule has 1 aromatic rings. The summed E-state index contributed by atoms with van der Waals surface area (Å²) in [4.78, 5) is 4.21. The van der Waals surface area contributed by atoms with Crippen LogP contribution in [0.2, 0.25) is 0 Å². The summed E-state index contributed by atoms with van der Waals surface area (Å²) in [5, 5.41) is 0. The van der Waals surface area contributed by atoms with Crippen molar-refractivity contribution in [1.82, 2.24) is 4.98 Å². The molecule has 1 heterocycles. The first kappa shape index (κ1) is 14.0. The molecule has 16 heavy (non-hydrogen) atoms. The van der Waals surface area contributed by atoms with Crippen LogP contribution < -0.4 is 0 Å². The fourth-order valence-corrected chi connectivity index (χ4v) is 1.94. The topological polar surface area (TPSA) is 42.3 Å². The molecule has 0 saturated heterocycles. The molecule has 1 atom stereocenters. The van der Waals surface area contributed by atoms with Crippen LogP contribution in [0.5, 0.6) is 0 Å². The zero-order valence-electron chi connectivity index (χ0n) is 9.20. The van der Waals surface area contributed by atoms with Crippen LogP contribution in [-0.2, 0) is 11.0 Å². The van der Waals surface area contributed by atoms with E-state index in [1.54, 1.807) is 0 Å². The monoisotopic (exact) mass is 366 g/mol. The lowest BCUT2D eigenvalue weighted by Crippen LogP contribution is -2.19. The highest BCUT2D eigenvalue weighted by Crippen LogP contribution is 2.17. The average Bonchev–Trinajstić information content (AvgIpc) is 2.17. The van der Waals surface area contributed by atoms with Crippen LogP contribution in [0.25, 0.3) is 0 Å². The third-order valence-corrected chi connectivity index (χ3v) is 4.09. The van der Waals surface area contributed by atoms with Gasteiger partial charge in [-0.1, -0.05) is 0 Å². The minimum atomic E-state index is -1.26. The molecule has 0 aliphatic carbocycles. The molecule has 0 spiro atoms. The van der Waals surface area contributed by atoms with Crippen molar-refractivity contribution in [2.45, 2.75) is 25.5 Å². The lowest BCUT2D eigenvalue weighted by molar-refractivity contribution is 0.651. The molecule has 0 radical (unpaired) electrons. The minimum Gasteiger partial charge on any atom is -0.239 e. The molecule has 88 valence electrons. The average molecular weight is 368 g/mol. The summed E-state index contributed by atoms with van der Waals surface area (Å²) in [6, 6.07) is 3.68. The summed E-state index contributed by atoms with van der Waals surface area (Å²) in [6.07, 6.45) is 1.52. The quantitative estimate of drug-likeness (QED) is 0.593. The Balaban J connectivity index is 2.93. The Labute approximate surface area is 115 Å². The van der Waals surface area contributed by atoms with Crippen molar-refractivity contribution in [3.05, 3.63) is 26.9 Å². The molecule has 1 unspecified atom stereocenters. The second kappa shape index (κ2) is 5.51. The van der Waals surface area contributed by atoms with Gasteiger partial charge in [0.15, 0.2) is 0 Å². The van der Waals surface area contributed by atoms with E-state index in [1.807, 2.05) is 32.9 Å². The van der Waals surface area contributed by atoms with E-state index in [1.165, 1.54) is 6.21 Å². The van der Waals surface area contributed by atoms with E-state index in [0.29, 0.717) is 5.69 Å². The summed E-state index contributed by atoms with van der Waals surface area (Å²) in [5.41, 5.74) is 0.659. The van der Waals surface area contributed by atoms with E-state index >= 15 is 0 Å². The second-order valence-corrected chi connectivity index (χ2v) is 7.70. The van der Waals surface area contributed by atoms with E-state index in [-0.39, 0.29) is 4.75 Å². The largest absolute Gasteiger partial charge is 0.239 e. The lowest BCUT2D eigenvalue weighted by Gasteiger charge is -2.12. The molecule has 0 fully saturated rings. The summed E-state index contributed by atoms with van der Waals surface area (Å²) < 4.78 is 16.9. The number of nitrogens with zero attached hydrogens (tertiary/aromatic N) is 2. The van der Waals surface area contributed by atoms with Crippen molar-refractivity contribution in [3.63, 3.8) is 0 Å². The summed E-state index contributed by atoms with van der Waals surface area (Å²) >= 11 is 6.63. The van der Waals surface area contributed by atoms with Gasteiger partial charge in [0, 0.05) is 4.47 Å². The number of aromatic nitrogens is 1. The van der Waals surface area contributed by atoms with Crippen molar-refractivity contribution < 1.29 is 4.21 Å². The van der Waals surface area contributed by atoms with Crippen LogP contribution in [0.1, 0.15) is 26.5 Å². The highest BCUT2D eigenvalue weighted by Gasteiger charge is 2.18. The number of pyridine rings is 1. The Kier molecular flexibility index (Phi) is 4.82. The van der Waals surface area contributed by atoms with E-state index < -0.39 is 11.0 Å². The highest BCUT2D eigenvalue weighted by atomic mass is 79.9. The molecule has 1 aromatic heterocycles. The maximum atomic E-state index is 11.7. The number of hydrogen-bond donors (Lipinski definition) is 0. The van der Waals surface area contributed by atoms with Crippen molar-refractivity contribution in [2.75, 3.05) is 0 Å². The van der Waals surface area contributed by atoms with Gasteiger partial charge in [0.05, 0.1) is 16.7 Å². The molecule has 0 aliphatic rings. The Morgan fingerprint density at radius 3 is 2.56 bits per heavy atom. The normalized spacial score (nSPS) is 14.3. The Morgan fingerprint density at radius 1 is 1.38 bits per heavy atom. The van der Waals surface area contributed by atoms with Gasteiger partial charge >= 0.3 is 0 Å². The van der Waals surface area contributed by atoms with Crippen LogP contribution in [0.3, 0.4) is 0 Å². The molecule has 3 nitrogen and oxygen atoms in total. The van der Waals surface area contributed by atoms with Gasteiger partial charge in [-0.3, -0.25) is 0 Å². The Bertz CT molecular complexity index is 441. The van der Waals surface area contributed by atoms with Gasteiger partial charge in [-0.05, 0) is 64.8 Å². The molecule has 6 heteroatoms. The second-order valence-electron chi connectivity index (χ2n) is 4.10. The third kappa shape index (κ3) is 4.07. The number of hydrogen-bond acceptors (Lipinski definition) is 2. The number of rotatable bonds is 2. The molecule has 0 saturated carbocycles. The summed E-state index contributed by atoms with van der Waals surface area (Å²) in [7, 11) is -1.26. The van der Waals surface area contributed by atoms with Crippen LogP contribution >= 0.6 is 31.9 Å². The van der Waals surface area contributed by atoms with Crippen LogP contribution in [0.15, 0.2) is 25.6 Å². The van der Waals surface area contributed by atoms with E-state index in [0.717, 1.165) is 9.08 Å². The number of halogens is 2. The molecule has 0 bridgehead atoms. The molecule has 0 aromatic carbocycles. The fourth-order valence-electron chi connectivity index (χ4n) is 0.779. The molecule has 0 aliphatic heterocycles. The Morgan fingerprint density at radius 2 is 2.00 bits per heavy atom. The van der Waals surface area contributed by atoms with Gasteiger partial charge < -0.3 is 0 Å². The smallest absolute Gasteiger partial charge is 0.144 e. The summed E-state index contributed by atoms with van der Waals surface area (Å²) in [5.74, 6) is 0. The van der Waals surface area contributed by atoms with Gasteiger partial charge in [0.2, 0.25) is 0 Å². The van der Waals surface area contributed by atoms with Gasteiger partial charge in [-0.25, -0.2) is 9.19 Å². The van der Waals surface area contributed by atoms with Gasteiger partial charge in [0.1, 0.15) is 15.6 Å². The third-order valence-electron chi connectivity index (χ3n) is 1.63. The molecule has 0 amide bonds. The predicted octanol–water partition coefficient (Wildman–Crippen LogP) is 3.49. The molecular weight excluding hydrogens is 356 g/mol. The van der Waals surface area contributed by atoms with Crippen molar-refractivity contribution in [2.24, 2.45) is 4.40 Å². The maximum absolute atomic E-state index is 11.7. The zero-order chi connectivity index (χ0) is 12.3.